The predicted octanol–water partition coefficient (Wildman–Crippen LogP) is 2.57. The number of amides is 2. The lowest BCUT2D eigenvalue weighted by molar-refractivity contribution is -0.139. The van der Waals surface area contributed by atoms with E-state index in [0.717, 1.165) is 30.8 Å². The Morgan fingerprint density at radius 2 is 1.70 bits per heavy atom. The Kier molecular flexibility index (Phi) is 7.10. The van der Waals surface area contributed by atoms with Gasteiger partial charge in [0.25, 0.3) is 0 Å². The van der Waals surface area contributed by atoms with Gasteiger partial charge in [-0.15, -0.1) is 0 Å². The molecule has 7 heteroatoms. The predicted molar refractivity (Wildman–Crippen MR) is 127 cm³/mol. The molecule has 0 aliphatic carbocycles. The monoisotopic (exact) mass is 446 g/mol. The van der Waals surface area contributed by atoms with E-state index in [4.69, 9.17) is 4.74 Å². The number of rotatable bonds is 7. The molecule has 3 aromatic rings. The lowest BCUT2D eigenvalue weighted by Crippen LogP contribution is -2.45. The summed E-state index contributed by atoms with van der Waals surface area (Å²) in [5, 5.41) is 5.53. The summed E-state index contributed by atoms with van der Waals surface area (Å²) in [7, 11) is 3.58. The first-order chi connectivity index (χ1) is 16.1. The van der Waals surface area contributed by atoms with Crippen molar-refractivity contribution in [3.8, 4) is 5.75 Å². The van der Waals surface area contributed by atoms with E-state index in [-0.39, 0.29) is 12.6 Å². The van der Waals surface area contributed by atoms with Crippen LogP contribution in [0.4, 0.5) is 0 Å². The van der Waals surface area contributed by atoms with E-state index in [2.05, 4.69) is 50.4 Å². The zero-order chi connectivity index (χ0) is 23.2. The fourth-order valence-corrected chi connectivity index (χ4v) is 4.40. The van der Waals surface area contributed by atoms with Crippen molar-refractivity contribution in [1.82, 2.24) is 20.1 Å². The Balaban J connectivity index is 1.40. The number of aromatic nitrogens is 1. The second-order valence-corrected chi connectivity index (χ2v) is 8.25. The van der Waals surface area contributed by atoms with Gasteiger partial charge < -0.3 is 19.9 Å². The standard InChI is InChI=1S/C26H30N4O3/c1-29-14-7-11-22(29)23(30-15-13-19-8-3-4-10-21(19)18-30)17-28-26(32)25(31)27-16-20-9-5-6-12-24(20)33-2/h3-12,14,23H,13,15-18H2,1-2H3,(H,27,31)(H,28,32). The maximum atomic E-state index is 12.6. The number of carbonyl (C=O) groups is 2. The van der Waals surface area contributed by atoms with Crippen LogP contribution < -0.4 is 15.4 Å². The van der Waals surface area contributed by atoms with Crippen LogP contribution in [0, 0.1) is 0 Å². The number of ether oxygens (including phenoxy) is 1. The van der Waals surface area contributed by atoms with E-state index in [1.807, 2.05) is 43.6 Å². The zero-order valence-corrected chi connectivity index (χ0v) is 19.1. The molecule has 33 heavy (non-hydrogen) atoms. The third-order valence-electron chi connectivity index (χ3n) is 6.22. The van der Waals surface area contributed by atoms with Crippen LogP contribution in [0.1, 0.15) is 28.4 Å². The van der Waals surface area contributed by atoms with Gasteiger partial charge in [0, 0.05) is 50.7 Å². The molecule has 2 N–H and O–H groups in total. The first kappa shape index (κ1) is 22.6. The molecule has 1 unspecified atom stereocenters. The number of hydrogen-bond acceptors (Lipinski definition) is 4. The Hall–Kier alpha value is -3.58. The fraction of sp³-hybridized carbons (Fsp3) is 0.308. The highest BCUT2D eigenvalue weighted by atomic mass is 16.5. The number of aryl methyl sites for hydroxylation is 1. The van der Waals surface area contributed by atoms with Gasteiger partial charge in [-0.05, 0) is 35.7 Å². The topological polar surface area (TPSA) is 75.6 Å². The van der Waals surface area contributed by atoms with Crippen molar-refractivity contribution in [2.75, 3.05) is 20.2 Å². The summed E-state index contributed by atoms with van der Waals surface area (Å²) in [6.45, 7) is 2.27. The van der Waals surface area contributed by atoms with Gasteiger partial charge in [0.05, 0.1) is 13.2 Å². The largest absolute Gasteiger partial charge is 0.496 e. The Morgan fingerprint density at radius 3 is 2.45 bits per heavy atom. The van der Waals surface area contributed by atoms with Crippen LogP contribution in [-0.4, -0.2) is 41.5 Å². The second kappa shape index (κ2) is 10.4. The maximum absolute atomic E-state index is 12.6. The number of nitrogens with zero attached hydrogens (tertiary/aromatic N) is 2. The minimum atomic E-state index is -0.657. The average Bonchev–Trinajstić information content (AvgIpc) is 3.28. The molecule has 2 amide bonds. The van der Waals surface area contributed by atoms with Crippen LogP contribution in [0.15, 0.2) is 66.9 Å². The minimum absolute atomic E-state index is 0.0377. The molecule has 4 rings (SSSR count). The minimum Gasteiger partial charge on any atom is -0.496 e. The highest BCUT2D eigenvalue weighted by molar-refractivity contribution is 6.35. The molecular weight excluding hydrogens is 416 g/mol. The van der Waals surface area contributed by atoms with Crippen LogP contribution in [-0.2, 0) is 36.1 Å². The van der Waals surface area contributed by atoms with Crippen molar-refractivity contribution >= 4 is 11.8 Å². The highest BCUT2D eigenvalue weighted by Crippen LogP contribution is 2.27. The molecule has 1 atom stereocenters. The lowest BCUT2D eigenvalue weighted by Gasteiger charge is -2.36. The Labute approximate surface area is 194 Å². The van der Waals surface area contributed by atoms with Crippen molar-refractivity contribution in [3.63, 3.8) is 0 Å². The van der Waals surface area contributed by atoms with E-state index < -0.39 is 11.8 Å². The number of benzene rings is 2. The molecule has 0 bridgehead atoms. The van der Waals surface area contributed by atoms with Crippen LogP contribution in [0.5, 0.6) is 5.75 Å². The molecule has 0 spiro atoms. The van der Waals surface area contributed by atoms with E-state index in [0.29, 0.717) is 12.3 Å². The van der Waals surface area contributed by atoms with Crippen molar-refractivity contribution in [1.29, 1.82) is 0 Å². The molecule has 2 heterocycles. The van der Waals surface area contributed by atoms with Crippen LogP contribution in [0.3, 0.4) is 0 Å². The van der Waals surface area contributed by atoms with Gasteiger partial charge in [-0.3, -0.25) is 14.5 Å². The third kappa shape index (κ3) is 5.26. The SMILES string of the molecule is COc1ccccc1CNC(=O)C(=O)NCC(c1cccn1C)N1CCc2ccccc2C1. The molecule has 172 valence electrons. The first-order valence-electron chi connectivity index (χ1n) is 11.2. The fourth-order valence-electron chi connectivity index (χ4n) is 4.40. The summed E-state index contributed by atoms with van der Waals surface area (Å²) in [6.07, 6.45) is 2.96. The first-order valence-corrected chi connectivity index (χ1v) is 11.2. The summed E-state index contributed by atoms with van der Waals surface area (Å²) in [5.74, 6) is -0.621. The van der Waals surface area contributed by atoms with Crippen molar-refractivity contribution in [2.45, 2.75) is 25.6 Å². The van der Waals surface area contributed by atoms with Gasteiger partial charge in [-0.25, -0.2) is 0 Å². The molecule has 1 aliphatic heterocycles. The highest BCUT2D eigenvalue weighted by Gasteiger charge is 2.27. The number of nitrogens with one attached hydrogen (secondary N) is 2. The van der Waals surface area contributed by atoms with E-state index >= 15 is 0 Å². The number of methoxy groups -OCH3 is 1. The van der Waals surface area contributed by atoms with Gasteiger partial charge in [0.1, 0.15) is 5.75 Å². The van der Waals surface area contributed by atoms with E-state index in [1.54, 1.807) is 7.11 Å². The average molecular weight is 447 g/mol. The van der Waals surface area contributed by atoms with Crippen molar-refractivity contribution in [2.24, 2.45) is 7.05 Å². The number of carbonyl (C=O) groups excluding carboxylic acids is 2. The molecule has 1 aliphatic rings. The van der Waals surface area contributed by atoms with E-state index in [9.17, 15) is 9.59 Å². The molecule has 0 fully saturated rings. The van der Waals surface area contributed by atoms with Gasteiger partial charge in [0.15, 0.2) is 0 Å². The summed E-state index contributed by atoms with van der Waals surface area (Å²) in [5.41, 5.74) is 4.60. The van der Waals surface area contributed by atoms with Crippen LogP contribution >= 0.6 is 0 Å². The summed E-state index contributed by atoms with van der Waals surface area (Å²) in [4.78, 5) is 27.4. The molecule has 0 saturated carbocycles. The molecule has 1 aromatic heterocycles. The van der Waals surface area contributed by atoms with Gasteiger partial charge in [-0.2, -0.15) is 0 Å². The Bertz CT molecular complexity index is 1120. The number of hydrogen-bond donors (Lipinski definition) is 2. The molecule has 7 nitrogen and oxygen atoms in total. The van der Waals surface area contributed by atoms with Crippen molar-refractivity contribution < 1.29 is 14.3 Å². The number of fused-ring (bicyclic) bond motifs is 1. The zero-order valence-electron chi connectivity index (χ0n) is 19.1. The quantitative estimate of drug-likeness (QED) is 0.547. The maximum Gasteiger partial charge on any atom is 0.309 e. The van der Waals surface area contributed by atoms with Gasteiger partial charge in [0.2, 0.25) is 0 Å². The number of para-hydroxylation sites is 1. The second-order valence-electron chi connectivity index (χ2n) is 8.25. The van der Waals surface area contributed by atoms with E-state index in [1.165, 1.54) is 11.1 Å². The molecule has 2 aromatic carbocycles. The van der Waals surface area contributed by atoms with Gasteiger partial charge in [-0.1, -0.05) is 42.5 Å². The summed E-state index contributed by atoms with van der Waals surface area (Å²) < 4.78 is 7.37. The molecule has 0 saturated heterocycles. The normalized spacial score (nSPS) is 14.2. The summed E-state index contributed by atoms with van der Waals surface area (Å²) in [6, 6.07) is 19.9. The Morgan fingerprint density at radius 1 is 0.970 bits per heavy atom. The molecule has 0 radical (unpaired) electrons. The smallest absolute Gasteiger partial charge is 0.309 e. The van der Waals surface area contributed by atoms with Crippen LogP contribution in [0.25, 0.3) is 0 Å². The van der Waals surface area contributed by atoms with Crippen molar-refractivity contribution in [3.05, 3.63) is 89.2 Å². The van der Waals surface area contributed by atoms with Gasteiger partial charge >= 0.3 is 11.8 Å². The molecular formula is C26H30N4O3. The third-order valence-corrected chi connectivity index (χ3v) is 6.22. The lowest BCUT2D eigenvalue weighted by atomic mass is 9.98. The summed E-state index contributed by atoms with van der Waals surface area (Å²) >= 11 is 0. The van der Waals surface area contributed by atoms with Crippen LogP contribution in [0.2, 0.25) is 0 Å².